The second-order valence-corrected chi connectivity index (χ2v) is 13.7. The minimum absolute atomic E-state index is 1.18. The Hall–Kier alpha value is -7.02. The highest BCUT2D eigenvalue weighted by Gasteiger charge is 2.16. The number of hydrogen-bond donors (Lipinski definition) is 0. The van der Waals surface area contributed by atoms with E-state index in [1.165, 1.54) is 88.3 Å². The Bertz CT molecular complexity index is 2480. The summed E-state index contributed by atoms with van der Waals surface area (Å²) in [5, 5.41) is 5.04. The van der Waals surface area contributed by atoms with Crippen LogP contribution in [0.3, 0.4) is 0 Å². The van der Waals surface area contributed by atoms with Crippen LogP contribution in [0.25, 0.3) is 90.4 Å². The van der Waals surface area contributed by atoms with E-state index in [4.69, 9.17) is 0 Å². The van der Waals surface area contributed by atoms with Gasteiger partial charge in [0.15, 0.2) is 0 Å². The average Bonchev–Trinajstić information content (AvgIpc) is 3.25. The number of fused-ring (bicyclic) bond motifs is 2. The molecule has 0 unspecified atom stereocenters. The molecule has 0 saturated carbocycles. The fraction of sp³-hybridized carbons (Fsp3) is 0. The molecule has 254 valence electrons. The monoisotopic (exact) mass is 686 g/mol. The smallest absolute Gasteiger partial charge is 0.00264 e. The van der Waals surface area contributed by atoms with Crippen molar-refractivity contribution in [1.82, 2.24) is 0 Å². The minimum atomic E-state index is 1.18. The van der Waals surface area contributed by atoms with Crippen molar-refractivity contribution in [2.24, 2.45) is 0 Å². The highest BCUT2D eigenvalue weighted by Crippen LogP contribution is 2.43. The van der Waals surface area contributed by atoms with Gasteiger partial charge in [0.2, 0.25) is 0 Å². The highest BCUT2D eigenvalue weighted by atomic mass is 14.2. The lowest BCUT2D eigenvalue weighted by Crippen LogP contribution is -1.91. The molecule has 54 heavy (non-hydrogen) atoms. The molecule has 0 aliphatic rings. The van der Waals surface area contributed by atoms with Crippen LogP contribution in [0, 0.1) is 0 Å². The second kappa shape index (κ2) is 14.9. The third-order valence-electron chi connectivity index (χ3n) is 10.3. The molecule has 0 amide bonds. The predicted molar refractivity (Wildman–Crippen MR) is 234 cm³/mol. The summed E-state index contributed by atoms with van der Waals surface area (Å²) in [7, 11) is 0. The minimum Gasteiger partial charge on any atom is -0.0622 e. The van der Waals surface area contributed by atoms with Gasteiger partial charge in [0.1, 0.15) is 0 Å². The van der Waals surface area contributed by atoms with E-state index in [9.17, 15) is 0 Å². The van der Waals surface area contributed by atoms with E-state index in [1.54, 1.807) is 0 Å². The first-order valence-electron chi connectivity index (χ1n) is 18.6. The Balaban J connectivity index is 0.994. The Morgan fingerprint density at radius 2 is 0.407 bits per heavy atom. The molecular formula is C54H38. The van der Waals surface area contributed by atoms with Crippen molar-refractivity contribution in [1.29, 1.82) is 0 Å². The molecule has 0 fully saturated rings. The summed E-state index contributed by atoms with van der Waals surface area (Å²) in [6, 6.07) is 74.2. The predicted octanol–water partition coefficient (Wildman–Crippen LogP) is 15.0. The molecule has 0 aliphatic carbocycles. The maximum Gasteiger partial charge on any atom is -0.00264 e. The van der Waals surface area contributed by atoms with E-state index in [0.29, 0.717) is 0 Å². The van der Waals surface area contributed by atoms with Crippen molar-refractivity contribution in [2.45, 2.75) is 0 Å². The summed E-state index contributed by atoms with van der Waals surface area (Å²) in [5.41, 5.74) is 14.6. The van der Waals surface area contributed by atoms with Crippen LogP contribution in [0.5, 0.6) is 0 Å². The van der Waals surface area contributed by atoms with Crippen molar-refractivity contribution >= 4 is 45.8 Å². The summed E-state index contributed by atoms with van der Waals surface area (Å²) >= 11 is 0. The van der Waals surface area contributed by atoms with Gasteiger partial charge >= 0.3 is 0 Å². The zero-order valence-corrected chi connectivity index (χ0v) is 29.9. The molecule has 0 saturated heterocycles. The van der Waals surface area contributed by atoms with Crippen LogP contribution >= 0.6 is 0 Å². The van der Waals surface area contributed by atoms with Gasteiger partial charge in [0.25, 0.3) is 0 Å². The standard InChI is InChI=1S/C54H38/c1-3-11-43(12-4-1)45-31-23-39(24-32-45)19-21-41-27-35-47(36-28-41)53-49-15-7-9-17-51(49)54(52-18-10-8-16-50(52)53)48-37-29-42(30-38-48)22-20-40-25-33-46(34-26-40)44-13-5-2-6-14-44/h1-38H. The molecule has 0 atom stereocenters. The number of benzene rings is 9. The lowest BCUT2D eigenvalue weighted by atomic mass is 9.85. The van der Waals surface area contributed by atoms with Crippen LogP contribution in [-0.4, -0.2) is 0 Å². The third kappa shape index (κ3) is 6.82. The average molecular weight is 687 g/mol. The molecule has 0 bridgehead atoms. The van der Waals surface area contributed by atoms with Gasteiger partial charge in [-0.15, -0.1) is 0 Å². The molecule has 0 heteroatoms. The van der Waals surface area contributed by atoms with Crippen LogP contribution in [0.15, 0.2) is 206 Å². The number of rotatable bonds is 8. The summed E-state index contributed by atoms with van der Waals surface area (Å²) in [4.78, 5) is 0. The maximum absolute atomic E-state index is 2.27. The Morgan fingerprint density at radius 1 is 0.185 bits per heavy atom. The van der Waals surface area contributed by atoms with Crippen molar-refractivity contribution in [3.8, 4) is 44.5 Å². The molecule has 0 spiro atoms. The quantitative estimate of drug-likeness (QED) is 0.110. The Labute approximate surface area is 317 Å². The van der Waals surface area contributed by atoms with E-state index in [-0.39, 0.29) is 0 Å². The van der Waals surface area contributed by atoms with E-state index in [2.05, 4.69) is 231 Å². The van der Waals surface area contributed by atoms with Crippen molar-refractivity contribution in [2.75, 3.05) is 0 Å². The largest absolute Gasteiger partial charge is 0.0622 e. The second-order valence-electron chi connectivity index (χ2n) is 13.7. The summed E-state index contributed by atoms with van der Waals surface area (Å²) in [6.45, 7) is 0. The molecule has 0 aromatic heterocycles. The molecule has 9 aromatic carbocycles. The van der Waals surface area contributed by atoms with Gasteiger partial charge in [0, 0.05) is 0 Å². The van der Waals surface area contributed by atoms with Gasteiger partial charge in [-0.25, -0.2) is 0 Å². The van der Waals surface area contributed by atoms with Gasteiger partial charge in [-0.05, 0) is 88.3 Å². The van der Waals surface area contributed by atoms with Crippen LogP contribution < -0.4 is 0 Å². The van der Waals surface area contributed by atoms with Crippen molar-refractivity contribution in [3.63, 3.8) is 0 Å². The molecule has 9 rings (SSSR count). The first-order valence-corrected chi connectivity index (χ1v) is 18.6. The first-order chi connectivity index (χ1) is 26.8. The van der Waals surface area contributed by atoms with Gasteiger partial charge in [-0.3, -0.25) is 0 Å². The molecule has 9 aromatic rings. The van der Waals surface area contributed by atoms with E-state index in [1.807, 2.05) is 0 Å². The van der Waals surface area contributed by atoms with Crippen LogP contribution in [0.1, 0.15) is 22.3 Å². The zero-order chi connectivity index (χ0) is 36.1. The lowest BCUT2D eigenvalue weighted by molar-refractivity contribution is 1.60. The van der Waals surface area contributed by atoms with Crippen LogP contribution in [0.4, 0.5) is 0 Å². The topological polar surface area (TPSA) is 0 Å². The first kappa shape index (κ1) is 32.9. The van der Waals surface area contributed by atoms with Gasteiger partial charge in [0.05, 0.1) is 0 Å². The fourth-order valence-corrected chi connectivity index (χ4v) is 7.49. The maximum atomic E-state index is 2.27. The van der Waals surface area contributed by atoms with Crippen molar-refractivity contribution in [3.05, 3.63) is 229 Å². The molecule has 0 N–H and O–H groups in total. The molecule has 0 heterocycles. The SMILES string of the molecule is C(=Cc1ccc(-c2c3ccccc3c(-c3ccc(C=Cc4ccc(-c5ccccc5)cc4)cc3)c3ccccc23)cc1)c1ccc(-c2ccccc2)cc1. The molecule has 0 aliphatic heterocycles. The van der Waals surface area contributed by atoms with Crippen molar-refractivity contribution < 1.29 is 0 Å². The van der Waals surface area contributed by atoms with Gasteiger partial charge in [-0.1, -0.05) is 231 Å². The van der Waals surface area contributed by atoms with Gasteiger partial charge in [-0.2, -0.15) is 0 Å². The van der Waals surface area contributed by atoms with E-state index < -0.39 is 0 Å². The summed E-state index contributed by atoms with van der Waals surface area (Å²) in [5.74, 6) is 0. The Morgan fingerprint density at radius 3 is 0.685 bits per heavy atom. The van der Waals surface area contributed by atoms with E-state index >= 15 is 0 Å². The summed E-state index contributed by atoms with van der Waals surface area (Å²) < 4.78 is 0. The number of hydrogen-bond acceptors (Lipinski definition) is 0. The molecular weight excluding hydrogens is 649 g/mol. The lowest BCUT2D eigenvalue weighted by Gasteiger charge is -2.18. The zero-order valence-electron chi connectivity index (χ0n) is 29.9. The van der Waals surface area contributed by atoms with Crippen LogP contribution in [-0.2, 0) is 0 Å². The van der Waals surface area contributed by atoms with E-state index in [0.717, 1.165) is 0 Å². The normalized spacial score (nSPS) is 11.6. The van der Waals surface area contributed by atoms with Gasteiger partial charge < -0.3 is 0 Å². The fourth-order valence-electron chi connectivity index (χ4n) is 7.49. The Kier molecular flexibility index (Phi) is 9.07. The molecule has 0 nitrogen and oxygen atoms in total. The molecule has 0 radical (unpaired) electrons. The summed E-state index contributed by atoms with van der Waals surface area (Å²) in [6.07, 6.45) is 8.77. The van der Waals surface area contributed by atoms with Crippen LogP contribution in [0.2, 0.25) is 0 Å². The third-order valence-corrected chi connectivity index (χ3v) is 10.3. The highest BCUT2D eigenvalue weighted by molar-refractivity contribution is 6.21.